The molecule has 1 aromatic carbocycles. The number of nitrogens with two attached hydrogens (primary N) is 1. The van der Waals surface area contributed by atoms with Crippen LogP contribution in [0, 0.1) is 6.92 Å². The van der Waals surface area contributed by atoms with E-state index in [0.29, 0.717) is 17.7 Å². The number of nitrogen functional groups attached to an aromatic ring is 1. The first-order valence-electron chi connectivity index (χ1n) is 3.84. The van der Waals surface area contributed by atoms with Gasteiger partial charge >= 0.3 is 0 Å². The summed E-state index contributed by atoms with van der Waals surface area (Å²) >= 11 is 0. The van der Waals surface area contributed by atoms with Crippen LogP contribution in [0.25, 0.3) is 0 Å². The lowest BCUT2D eigenvalue weighted by atomic mass is 10.1. The van der Waals surface area contributed by atoms with Gasteiger partial charge in [-0.3, -0.25) is 0 Å². The molecule has 0 amide bonds. The van der Waals surface area contributed by atoms with Gasteiger partial charge in [-0.1, -0.05) is 6.07 Å². The molecule has 0 aliphatic rings. The lowest BCUT2D eigenvalue weighted by Gasteiger charge is -2.08. The molecule has 0 fully saturated rings. The molecular weight excluding hydrogens is 154 g/mol. The number of hydrogen-bond donors (Lipinski definition) is 3. The van der Waals surface area contributed by atoms with Gasteiger partial charge in [0.15, 0.2) is 0 Å². The Labute approximate surface area is 71.5 Å². The standard InChI is InChI=1S/C9H13NO2/c1-6-8(12)3-2-7(4-5-11)9(6)10/h2-3,11-12H,4-5,10H2,1H3. The fourth-order valence-electron chi connectivity index (χ4n) is 1.11. The number of benzene rings is 1. The van der Waals surface area contributed by atoms with E-state index in [-0.39, 0.29) is 12.4 Å². The monoisotopic (exact) mass is 167 g/mol. The Morgan fingerprint density at radius 1 is 1.42 bits per heavy atom. The minimum Gasteiger partial charge on any atom is -0.508 e. The Bertz CT molecular complexity index is 284. The summed E-state index contributed by atoms with van der Waals surface area (Å²) in [5.74, 6) is 0.203. The maximum atomic E-state index is 9.25. The summed E-state index contributed by atoms with van der Waals surface area (Å²) in [5.41, 5.74) is 7.84. The zero-order valence-electron chi connectivity index (χ0n) is 7.04. The molecule has 0 saturated carbocycles. The van der Waals surface area contributed by atoms with Crippen molar-refractivity contribution in [1.29, 1.82) is 0 Å². The molecule has 0 aliphatic carbocycles. The summed E-state index contributed by atoms with van der Waals surface area (Å²) in [4.78, 5) is 0. The minimum absolute atomic E-state index is 0.0778. The first-order valence-corrected chi connectivity index (χ1v) is 3.84. The third-order valence-corrected chi connectivity index (χ3v) is 1.96. The molecule has 12 heavy (non-hydrogen) atoms. The normalized spacial score (nSPS) is 10.2. The fourth-order valence-corrected chi connectivity index (χ4v) is 1.11. The van der Waals surface area contributed by atoms with Gasteiger partial charge in [0.05, 0.1) is 0 Å². The van der Waals surface area contributed by atoms with Gasteiger partial charge in [0.2, 0.25) is 0 Å². The van der Waals surface area contributed by atoms with E-state index >= 15 is 0 Å². The van der Waals surface area contributed by atoms with Gasteiger partial charge < -0.3 is 15.9 Å². The predicted molar refractivity (Wildman–Crippen MR) is 48.0 cm³/mol. The number of phenolic OH excluding ortho intramolecular Hbond substituents is 1. The van der Waals surface area contributed by atoms with Crippen molar-refractivity contribution < 1.29 is 10.2 Å². The molecule has 0 spiro atoms. The van der Waals surface area contributed by atoms with Crippen LogP contribution in [0.1, 0.15) is 11.1 Å². The van der Waals surface area contributed by atoms with Crippen LogP contribution in [0.4, 0.5) is 5.69 Å². The van der Waals surface area contributed by atoms with E-state index in [0.717, 1.165) is 5.56 Å². The third kappa shape index (κ3) is 1.51. The predicted octanol–water partition coefficient (Wildman–Crippen LogP) is 0.818. The molecule has 0 unspecified atom stereocenters. The third-order valence-electron chi connectivity index (χ3n) is 1.96. The fraction of sp³-hybridized carbons (Fsp3) is 0.333. The molecule has 1 rings (SSSR count). The van der Waals surface area contributed by atoms with Crippen LogP contribution in [0.3, 0.4) is 0 Å². The van der Waals surface area contributed by atoms with Crippen molar-refractivity contribution in [2.24, 2.45) is 0 Å². The van der Waals surface area contributed by atoms with E-state index in [4.69, 9.17) is 10.8 Å². The van der Waals surface area contributed by atoms with Crippen molar-refractivity contribution in [3.63, 3.8) is 0 Å². The maximum absolute atomic E-state index is 9.25. The molecule has 4 N–H and O–H groups in total. The molecule has 1 aromatic rings. The van der Waals surface area contributed by atoms with Crippen molar-refractivity contribution in [3.05, 3.63) is 23.3 Å². The van der Waals surface area contributed by atoms with E-state index < -0.39 is 0 Å². The highest BCUT2D eigenvalue weighted by molar-refractivity contribution is 5.58. The van der Waals surface area contributed by atoms with Crippen molar-refractivity contribution in [2.45, 2.75) is 13.3 Å². The summed E-state index contributed by atoms with van der Waals surface area (Å²) < 4.78 is 0. The van der Waals surface area contributed by atoms with Crippen molar-refractivity contribution in [2.75, 3.05) is 12.3 Å². The van der Waals surface area contributed by atoms with Gasteiger partial charge in [0.1, 0.15) is 5.75 Å². The number of aliphatic hydroxyl groups is 1. The van der Waals surface area contributed by atoms with Crippen molar-refractivity contribution >= 4 is 5.69 Å². The van der Waals surface area contributed by atoms with Gasteiger partial charge in [-0.15, -0.1) is 0 Å². The Hall–Kier alpha value is -1.22. The van der Waals surface area contributed by atoms with Crippen molar-refractivity contribution in [1.82, 2.24) is 0 Å². The summed E-state index contributed by atoms with van der Waals surface area (Å²) in [7, 11) is 0. The van der Waals surface area contributed by atoms with Crippen LogP contribution < -0.4 is 5.73 Å². The first kappa shape index (κ1) is 8.87. The highest BCUT2D eigenvalue weighted by atomic mass is 16.3. The molecule has 0 atom stereocenters. The quantitative estimate of drug-likeness (QED) is 0.571. The zero-order chi connectivity index (χ0) is 9.14. The van der Waals surface area contributed by atoms with Crippen LogP contribution in [-0.2, 0) is 6.42 Å². The van der Waals surface area contributed by atoms with Gasteiger partial charge in [0, 0.05) is 17.9 Å². The van der Waals surface area contributed by atoms with Gasteiger partial charge in [-0.25, -0.2) is 0 Å². The first-order chi connectivity index (χ1) is 5.66. The van der Waals surface area contributed by atoms with E-state index in [9.17, 15) is 5.11 Å². The Kier molecular flexibility index (Phi) is 2.55. The number of aromatic hydroxyl groups is 1. The topological polar surface area (TPSA) is 66.5 Å². The average molecular weight is 167 g/mol. The molecule has 0 saturated heterocycles. The second-order valence-electron chi connectivity index (χ2n) is 2.76. The lowest BCUT2D eigenvalue weighted by molar-refractivity contribution is 0.299. The molecule has 0 bridgehead atoms. The van der Waals surface area contributed by atoms with E-state index in [2.05, 4.69) is 0 Å². The zero-order valence-corrected chi connectivity index (χ0v) is 7.04. The molecule has 0 radical (unpaired) electrons. The molecular formula is C9H13NO2. The summed E-state index contributed by atoms with van der Waals surface area (Å²) in [6.07, 6.45) is 0.535. The van der Waals surface area contributed by atoms with Gasteiger partial charge in [-0.2, -0.15) is 0 Å². The van der Waals surface area contributed by atoms with Crippen LogP contribution in [-0.4, -0.2) is 16.8 Å². The van der Waals surface area contributed by atoms with Crippen LogP contribution in [0.2, 0.25) is 0 Å². The number of hydrogen-bond acceptors (Lipinski definition) is 3. The summed E-state index contributed by atoms with van der Waals surface area (Å²) in [6.45, 7) is 1.83. The SMILES string of the molecule is Cc1c(O)ccc(CCO)c1N. The lowest BCUT2D eigenvalue weighted by Crippen LogP contribution is -1.99. The summed E-state index contributed by atoms with van der Waals surface area (Å²) in [5, 5.41) is 17.9. The summed E-state index contributed by atoms with van der Waals surface area (Å²) in [6, 6.07) is 3.32. The second kappa shape index (κ2) is 3.45. The Morgan fingerprint density at radius 3 is 2.67 bits per heavy atom. The molecule has 66 valence electrons. The van der Waals surface area contributed by atoms with Crippen molar-refractivity contribution in [3.8, 4) is 5.75 Å². The molecule has 0 aliphatic heterocycles. The average Bonchev–Trinajstić information content (AvgIpc) is 2.07. The molecule has 3 nitrogen and oxygen atoms in total. The van der Waals surface area contributed by atoms with Crippen LogP contribution in [0.5, 0.6) is 5.75 Å². The number of phenols is 1. The van der Waals surface area contributed by atoms with Gasteiger partial charge in [0.25, 0.3) is 0 Å². The number of aliphatic hydroxyl groups excluding tert-OH is 1. The van der Waals surface area contributed by atoms with Crippen LogP contribution in [0.15, 0.2) is 12.1 Å². The van der Waals surface area contributed by atoms with E-state index in [1.165, 1.54) is 0 Å². The van der Waals surface area contributed by atoms with E-state index in [1.54, 1.807) is 19.1 Å². The van der Waals surface area contributed by atoms with E-state index in [1.807, 2.05) is 0 Å². The highest BCUT2D eigenvalue weighted by Crippen LogP contribution is 2.25. The Balaban J connectivity index is 3.08. The van der Waals surface area contributed by atoms with Gasteiger partial charge in [-0.05, 0) is 25.0 Å². The largest absolute Gasteiger partial charge is 0.508 e. The highest BCUT2D eigenvalue weighted by Gasteiger charge is 2.04. The molecule has 0 aromatic heterocycles. The minimum atomic E-state index is 0.0778. The maximum Gasteiger partial charge on any atom is 0.120 e. The molecule has 0 heterocycles. The Morgan fingerprint density at radius 2 is 2.08 bits per heavy atom. The smallest absolute Gasteiger partial charge is 0.120 e. The van der Waals surface area contributed by atoms with Crippen LogP contribution >= 0.6 is 0 Å². The number of rotatable bonds is 2. The number of anilines is 1. The second-order valence-corrected chi connectivity index (χ2v) is 2.76. The molecule has 3 heteroatoms.